The van der Waals surface area contributed by atoms with Crippen LogP contribution in [0.25, 0.3) is 5.69 Å². The molecule has 3 heterocycles. The number of benzene rings is 1. The van der Waals surface area contributed by atoms with Crippen molar-refractivity contribution in [1.29, 1.82) is 0 Å². The van der Waals surface area contributed by atoms with Crippen molar-refractivity contribution in [2.24, 2.45) is 0 Å². The van der Waals surface area contributed by atoms with Crippen molar-refractivity contribution in [3.05, 3.63) is 35.7 Å². The third-order valence-corrected chi connectivity index (χ3v) is 6.28. The summed E-state index contributed by atoms with van der Waals surface area (Å²) in [5.41, 5.74) is 1.96. The lowest BCUT2D eigenvalue weighted by molar-refractivity contribution is -0.134. The summed E-state index contributed by atoms with van der Waals surface area (Å²) in [7, 11) is 0. The first-order valence-corrected chi connectivity index (χ1v) is 11.1. The van der Waals surface area contributed by atoms with Crippen LogP contribution in [-0.2, 0) is 11.2 Å². The van der Waals surface area contributed by atoms with Gasteiger partial charge in [-0.1, -0.05) is 25.0 Å². The number of aryl methyl sites for hydroxylation is 1. The van der Waals surface area contributed by atoms with Gasteiger partial charge in [-0.25, -0.2) is 0 Å². The molecule has 0 aliphatic carbocycles. The van der Waals surface area contributed by atoms with Crippen LogP contribution in [0.3, 0.4) is 0 Å². The number of tetrazole rings is 1. The van der Waals surface area contributed by atoms with Crippen molar-refractivity contribution in [1.82, 2.24) is 30.0 Å². The molecule has 0 bridgehead atoms. The van der Waals surface area contributed by atoms with E-state index in [1.54, 1.807) is 4.68 Å². The molecule has 2 aliphatic rings. The van der Waals surface area contributed by atoms with Crippen molar-refractivity contribution < 1.29 is 4.79 Å². The van der Waals surface area contributed by atoms with E-state index < -0.39 is 0 Å². The van der Waals surface area contributed by atoms with E-state index in [0.717, 1.165) is 43.0 Å². The zero-order valence-corrected chi connectivity index (χ0v) is 17.5. The lowest BCUT2D eigenvalue weighted by Gasteiger charge is -2.38. The molecule has 4 rings (SSSR count). The highest BCUT2D eigenvalue weighted by Gasteiger charge is 2.28. The molecule has 1 aromatic heterocycles. The van der Waals surface area contributed by atoms with Crippen LogP contribution in [0.5, 0.6) is 0 Å². The number of likely N-dealkylation sites (tertiary alicyclic amines) is 2. The SMILES string of the molecule is Cc1nnnn1-c1ccc(CC(=O)N2CCCC[C@H]2CN2CCCCCC2)cc1. The third kappa shape index (κ3) is 5.01. The molecule has 1 amide bonds. The number of hydrogen-bond acceptors (Lipinski definition) is 5. The Bertz CT molecular complexity index is 794. The lowest BCUT2D eigenvalue weighted by atomic mass is 10.00. The van der Waals surface area contributed by atoms with E-state index in [4.69, 9.17) is 0 Å². The smallest absolute Gasteiger partial charge is 0.227 e. The normalized spacial score (nSPS) is 21.1. The van der Waals surface area contributed by atoms with Gasteiger partial charge in [-0.05, 0) is 80.2 Å². The average Bonchev–Trinajstić information content (AvgIpc) is 3.00. The highest BCUT2D eigenvalue weighted by molar-refractivity contribution is 5.79. The predicted molar refractivity (Wildman–Crippen MR) is 112 cm³/mol. The van der Waals surface area contributed by atoms with Gasteiger partial charge < -0.3 is 9.80 Å². The summed E-state index contributed by atoms with van der Waals surface area (Å²) in [5, 5.41) is 11.6. The van der Waals surface area contributed by atoms with Crippen LogP contribution in [0.4, 0.5) is 0 Å². The minimum absolute atomic E-state index is 0.260. The van der Waals surface area contributed by atoms with Gasteiger partial charge in [-0.15, -0.1) is 5.10 Å². The molecular formula is C22H32N6O. The number of nitrogens with zero attached hydrogens (tertiary/aromatic N) is 6. The number of carbonyl (C=O) groups excluding carboxylic acids is 1. The van der Waals surface area contributed by atoms with Crippen LogP contribution in [-0.4, -0.2) is 68.1 Å². The van der Waals surface area contributed by atoms with Gasteiger partial charge in [0, 0.05) is 19.1 Å². The third-order valence-electron chi connectivity index (χ3n) is 6.28. The molecule has 2 aliphatic heterocycles. The van der Waals surface area contributed by atoms with E-state index >= 15 is 0 Å². The molecule has 0 N–H and O–H groups in total. The zero-order valence-electron chi connectivity index (χ0n) is 17.5. The molecule has 1 atom stereocenters. The van der Waals surface area contributed by atoms with E-state index in [1.807, 2.05) is 31.2 Å². The monoisotopic (exact) mass is 396 g/mol. The minimum atomic E-state index is 0.260. The number of rotatable bonds is 5. The van der Waals surface area contributed by atoms with Crippen LogP contribution >= 0.6 is 0 Å². The summed E-state index contributed by atoms with van der Waals surface area (Å²) in [5.74, 6) is 1.01. The molecule has 1 aromatic carbocycles. The molecule has 0 radical (unpaired) electrons. The maximum Gasteiger partial charge on any atom is 0.227 e. The largest absolute Gasteiger partial charge is 0.338 e. The van der Waals surface area contributed by atoms with Gasteiger partial charge in [-0.3, -0.25) is 4.79 Å². The van der Waals surface area contributed by atoms with Crippen molar-refractivity contribution >= 4 is 5.91 Å². The zero-order chi connectivity index (χ0) is 20.1. The summed E-state index contributed by atoms with van der Waals surface area (Å²) < 4.78 is 1.70. The molecule has 2 aromatic rings. The average molecular weight is 397 g/mol. The van der Waals surface area contributed by atoms with Gasteiger partial charge in [0.2, 0.25) is 5.91 Å². The minimum Gasteiger partial charge on any atom is -0.338 e. The Morgan fingerprint density at radius 2 is 1.72 bits per heavy atom. The Labute approximate surface area is 173 Å². The number of hydrogen-bond donors (Lipinski definition) is 0. The Balaban J connectivity index is 1.38. The molecule has 156 valence electrons. The molecule has 29 heavy (non-hydrogen) atoms. The molecule has 0 saturated carbocycles. The molecule has 7 heteroatoms. The Kier molecular flexibility index (Phi) is 6.54. The molecule has 2 saturated heterocycles. The fourth-order valence-electron chi connectivity index (χ4n) is 4.64. The second kappa shape index (κ2) is 9.48. The predicted octanol–water partition coefficient (Wildman–Crippen LogP) is 2.77. The molecule has 0 spiro atoms. The van der Waals surface area contributed by atoms with Gasteiger partial charge in [0.1, 0.15) is 0 Å². The second-order valence-corrected chi connectivity index (χ2v) is 8.43. The van der Waals surface area contributed by atoms with Gasteiger partial charge >= 0.3 is 0 Å². The lowest BCUT2D eigenvalue weighted by Crippen LogP contribution is -2.50. The summed E-state index contributed by atoms with van der Waals surface area (Å²) in [6, 6.07) is 8.37. The van der Waals surface area contributed by atoms with Crippen LogP contribution < -0.4 is 0 Å². The maximum atomic E-state index is 13.1. The van der Waals surface area contributed by atoms with Crippen molar-refractivity contribution in [2.45, 2.75) is 64.3 Å². The van der Waals surface area contributed by atoms with E-state index in [1.165, 1.54) is 45.2 Å². The second-order valence-electron chi connectivity index (χ2n) is 8.43. The molecular weight excluding hydrogens is 364 g/mol. The first-order chi connectivity index (χ1) is 14.2. The fourth-order valence-corrected chi connectivity index (χ4v) is 4.64. The molecule has 7 nitrogen and oxygen atoms in total. The van der Waals surface area contributed by atoms with Crippen LogP contribution in [0.15, 0.2) is 24.3 Å². The van der Waals surface area contributed by atoms with E-state index in [2.05, 4.69) is 25.3 Å². The van der Waals surface area contributed by atoms with E-state index in [0.29, 0.717) is 12.5 Å². The van der Waals surface area contributed by atoms with E-state index in [9.17, 15) is 4.79 Å². The fraction of sp³-hybridized carbons (Fsp3) is 0.636. The molecule has 0 unspecified atom stereocenters. The van der Waals surface area contributed by atoms with Crippen molar-refractivity contribution in [3.63, 3.8) is 0 Å². The van der Waals surface area contributed by atoms with Crippen molar-refractivity contribution in [3.8, 4) is 5.69 Å². The Hall–Kier alpha value is -2.28. The summed E-state index contributed by atoms with van der Waals surface area (Å²) in [4.78, 5) is 17.9. The van der Waals surface area contributed by atoms with Gasteiger partial charge in [0.15, 0.2) is 5.82 Å². The number of piperidine rings is 1. The highest BCUT2D eigenvalue weighted by atomic mass is 16.2. The first kappa shape index (κ1) is 20.0. The number of carbonyl (C=O) groups is 1. The summed E-state index contributed by atoms with van der Waals surface area (Å²) in [6.07, 6.45) is 9.27. The summed E-state index contributed by atoms with van der Waals surface area (Å²) in [6.45, 7) is 6.20. The first-order valence-electron chi connectivity index (χ1n) is 11.1. The Morgan fingerprint density at radius 1 is 1.00 bits per heavy atom. The van der Waals surface area contributed by atoms with Gasteiger partial charge in [0.25, 0.3) is 0 Å². The quantitative estimate of drug-likeness (QED) is 0.777. The standard InChI is InChI=1S/C22H32N6O/c1-18-23-24-25-28(18)20-11-9-19(10-12-20)16-22(29)27-15-7-4-8-21(27)17-26-13-5-2-3-6-14-26/h9-12,21H,2-8,13-17H2,1H3/t21-/m0/s1. The van der Waals surface area contributed by atoms with Crippen LogP contribution in [0.1, 0.15) is 56.3 Å². The summed E-state index contributed by atoms with van der Waals surface area (Å²) >= 11 is 0. The molecule has 2 fully saturated rings. The Morgan fingerprint density at radius 3 is 2.41 bits per heavy atom. The van der Waals surface area contributed by atoms with Crippen LogP contribution in [0.2, 0.25) is 0 Å². The highest BCUT2D eigenvalue weighted by Crippen LogP contribution is 2.21. The topological polar surface area (TPSA) is 67.2 Å². The maximum absolute atomic E-state index is 13.1. The van der Waals surface area contributed by atoms with Gasteiger partial charge in [0.05, 0.1) is 12.1 Å². The van der Waals surface area contributed by atoms with E-state index in [-0.39, 0.29) is 5.91 Å². The van der Waals surface area contributed by atoms with Gasteiger partial charge in [-0.2, -0.15) is 4.68 Å². The van der Waals surface area contributed by atoms with Crippen molar-refractivity contribution in [2.75, 3.05) is 26.2 Å². The number of amides is 1. The van der Waals surface area contributed by atoms with Crippen LogP contribution in [0, 0.1) is 6.92 Å². The number of aromatic nitrogens is 4.